The number of halogens is 1. The van der Waals surface area contributed by atoms with Gasteiger partial charge in [0.2, 0.25) is 5.91 Å². The van der Waals surface area contributed by atoms with E-state index in [0.717, 1.165) is 5.56 Å². The van der Waals surface area contributed by atoms with Gasteiger partial charge in [0.05, 0.1) is 6.20 Å². The quantitative estimate of drug-likeness (QED) is 0.865. The number of aryl methyl sites for hydroxylation is 1. The maximum atomic E-state index is 12.8. The number of rotatable bonds is 4. The van der Waals surface area contributed by atoms with Crippen LogP contribution in [0.3, 0.4) is 0 Å². The molecular formula is C18H24ClN5O2. The summed E-state index contributed by atoms with van der Waals surface area (Å²) in [4.78, 5) is 28.9. The number of hydrogen-bond acceptors (Lipinski definition) is 4. The Morgan fingerprint density at radius 1 is 1.08 bits per heavy atom. The van der Waals surface area contributed by atoms with Crippen LogP contribution in [-0.2, 0) is 11.8 Å². The molecule has 0 saturated carbocycles. The van der Waals surface area contributed by atoms with Crippen LogP contribution in [0.25, 0.3) is 0 Å². The number of carbonyl (C=O) groups is 2. The second-order valence-electron chi connectivity index (χ2n) is 6.15. The first-order valence-electron chi connectivity index (χ1n) is 8.39. The van der Waals surface area contributed by atoms with E-state index in [0.29, 0.717) is 31.7 Å². The predicted octanol–water partition coefficient (Wildman–Crippen LogP) is 1.09. The van der Waals surface area contributed by atoms with Gasteiger partial charge in [-0.15, -0.1) is 12.4 Å². The van der Waals surface area contributed by atoms with E-state index in [2.05, 4.69) is 10.4 Å². The van der Waals surface area contributed by atoms with Gasteiger partial charge in [0.25, 0.3) is 5.91 Å². The lowest BCUT2D eigenvalue weighted by molar-refractivity contribution is -0.135. The summed E-state index contributed by atoms with van der Waals surface area (Å²) < 4.78 is 1.68. The number of amides is 2. The topological polar surface area (TPSA) is 70.5 Å². The van der Waals surface area contributed by atoms with Crippen molar-refractivity contribution in [1.82, 2.24) is 24.9 Å². The van der Waals surface area contributed by atoms with E-state index < -0.39 is 6.04 Å². The molecule has 1 N–H and O–H groups in total. The van der Waals surface area contributed by atoms with Crippen molar-refractivity contribution in [1.29, 1.82) is 0 Å². The predicted molar refractivity (Wildman–Crippen MR) is 101 cm³/mol. The molecule has 7 nitrogen and oxygen atoms in total. The fourth-order valence-corrected chi connectivity index (χ4v) is 3.10. The highest BCUT2D eigenvalue weighted by Gasteiger charge is 2.29. The number of hydrogen-bond donors (Lipinski definition) is 1. The van der Waals surface area contributed by atoms with E-state index in [9.17, 15) is 9.59 Å². The molecular weight excluding hydrogens is 354 g/mol. The van der Waals surface area contributed by atoms with Crippen molar-refractivity contribution in [2.24, 2.45) is 7.05 Å². The van der Waals surface area contributed by atoms with Crippen LogP contribution in [0.4, 0.5) is 0 Å². The minimum Gasteiger partial charge on any atom is -0.337 e. The third kappa shape index (κ3) is 4.23. The van der Waals surface area contributed by atoms with Crippen molar-refractivity contribution in [3.8, 4) is 0 Å². The minimum atomic E-state index is -0.412. The van der Waals surface area contributed by atoms with Gasteiger partial charge in [-0.25, -0.2) is 0 Å². The molecule has 140 valence electrons. The van der Waals surface area contributed by atoms with Crippen LogP contribution in [0.5, 0.6) is 0 Å². The zero-order valence-corrected chi connectivity index (χ0v) is 15.8. The van der Waals surface area contributed by atoms with Crippen LogP contribution in [0.1, 0.15) is 22.0 Å². The van der Waals surface area contributed by atoms with Gasteiger partial charge in [0.15, 0.2) is 0 Å². The summed E-state index contributed by atoms with van der Waals surface area (Å²) in [5.74, 6) is 0.0347. The molecule has 1 aliphatic rings. The molecule has 0 aliphatic carbocycles. The van der Waals surface area contributed by atoms with Gasteiger partial charge in [-0.1, -0.05) is 18.2 Å². The number of nitrogens with one attached hydrogen (secondary N) is 1. The molecule has 0 radical (unpaired) electrons. The minimum absolute atomic E-state index is 0. The normalized spacial score (nSPS) is 15.3. The number of piperazine rings is 1. The van der Waals surface area contributed by atoms with Crippen LogP contribution in [0, 0.1) is 0 Å². The number of aromatic nitrogens is 2. The van der Waals surface area contributed by atoms with Crippen molar-refractivity contribution < 1.29 is 9.59 Å². The van der Waals surface area contributed by atoms with E-state index in [1.807, 2.05) is 48.5 Å². The molecule has 0 spiro atoms. The second kappa shape index (κ2) is 8.82. The monoisotopic (exact) mass is 377 g/mol. The van der Waals surface area contributed by atoms with Gasteiger partial charge in [0, 0.05) is 50.6 Å². The molecule has 1 aromatic heterocycles. The zero-order valence-electron chi connectivity index (χ0n) is 15.0. The highest BCUT2D eigenvalue weighted by atomic mass is 35.5. The molecule has 1 atom stereocenters. The largest absolute Gasteiger partial charge is 0.337 e. The van der Waals surface area contributed by atoms with Gasteiger partial charge in [-0.3, -0.25) is 14.3 Å². The maximum Gasteiger partial charge on any atom is 0.253 e. The fraction of sp³-hybridized carbons (Fsp3) is 0.389. The Kier molecular flexibility index (Phi) is 6.76. The first-order chi connectivity index (χ1) is 12.1. The Balaban J connectivity index is 0.00000243. The molecule has 2 aromatic rings. The molecule has 1 aliphatic heterocycles. The van der Waals surface area contributed by atoms with Crippen molar-refractivity contribution in [2.75, 3.05) is 33.2 Å². The number of likely N-dealkylation sites (N-methyl/N-ethyl adjacent to an activating group) is 1. The van der Waals surface area contributed by atoms with Crippen molar-refractivity contribution in [2.45, 2.75) is 6.04 Å². The van der Waals surface area contributed by atoms with Crippen LogP contribution < -0.4 is 5.32 Å². The first kappa shape index (κ1) is 19.9. The average molecular weight is 378 g/mol. The Hall–Kier alpha value is -2.38. The number of carbonyl (C=O) groups excluding carboxylic acids is 2. The van der Waals surface area contributed by atoms with Gasteiger partial charge < -0.3 is 15.1 Å². The molecule has 8 heteroatoms. The fourth-order valence-electron chi connectivity index (χ4n) is 3.10. The summed E-state index contributed by atoms with van der Waals surface area (Å²) >= 11 is 0. The number of nitrogens with zero attached hydrogens (tertiary/aromatic N) is 4. The Labute approximate surface area is 159 Å². The maximum absolute atomic E-state index is 12.8. The smallest absolute Gasteiger partial charge is 0.253 e. The van der Waals surface area contributed by atoms with Gasteiger partial charge in [-0.2, -0.15) is 5.10 Å². The first-order valence-corrected chi connectivity index (χ1v) is 8.39. The molecule has 1 fully saturated rings. The summed E-state index contributed by atoms with van der Waals surface area (Å²) in [5, 5.41) is 7.20. The van der Waals surface area contributed by atoms with Crippen molar-refractivity contribution in [3.63, 3.8) is 0 Å². The van der Waals surface area contributed by atoms with E-state index >= 15 is 0 Å². The summed E-state index contributed by atoms with van der Waals surface area (Å²) in [5.41, 5.74) is 1.53. The second-order valence-corrected chi connectivity index (χ2v) is 6.15. The Morgan fingerprint density at radius 2 is 1.69 bits per heavy atom. The molecule has 1 unspecified atom stereocenters. The van der Waals surface area contributed by atoms with Crippen molar-refractivity contribution in [3.05, 3.63) is 53.9 Å². The standard InChI is InChI=1S/C18H23N5O2.ClH/c1-19-16(15-12-20-21(2)13-15)18(25)23-10-8-22(9-11-23)17(24)14-6-4-3-5-7-14;/h3-7,12-13,16,19H,8-11H2,1-2H3;1H. The molecule has 26 heavy (non-hydrogen) atoms. The molecule has 2 heterocycles. The van der Waals surface area contributed by atoms with Crippen molar-refractivity contribution >= 4 is 24.2 Å². The Morgan fingerprint density at radius 3 is 2.23 bits per heavy atom. The van der Waals surface area contributed by atoms with E-state index in [-0.39, 0.29) is 24.2 Å². The molecule has 3 rings (SSSR count). The molecule has 1 aromatic carbocycles. The van der Waals surface area contributed by atoms with Crippen LogP contribution >= 0.6 is 12.4 Å². The zero-order chi connectivity index (χ0) is 17.8. The van der Waals surface area contributed by atoms with E-state index in [1.54, 1.807) is 22.8 Å². The van der Waals surface area contributed by atoms with Crippen LogP contribution in [0.2, 0.25) is 0 Å². The van der Waals surface area contributed by atoms with Crippen LogP contribution in [-0.4, -0.2) is 64.6 Å². The summed E-state index contributed by atoms with van der Waals surface area (Å²) in [6, 6.07) is 8.84. The Bertz CT molecular complexity index is 741. The summed E-state index contributed by atoms with van der Waals surface area (Å²) in [7, 11) is 3.60. The highest BCUT2D eigenvalue weighted by Crippen LogP contribution is 2.17. The van der Waals surface area contributed by atoms with Gasteiger partial charge in [0.1, 0.15) is 6.04 Å². The lowest BCUT2D eigenvalue weighted by Gasteiger charge is -2.36. The summed E-state index contributed by atoms with van der Waals surface area (Å²) in [6.07, 6.45) is 3.54. The third-order valence-electron chi connectivity index (χ3n) is 4.49. The highest BCUT2D eigenvalue weighted by molar-refractivity contribution is 5.94. The van der Waals surface area contributed by atoms with Crippen LogP contribution in [0.15, 0.2) is 42.7 Å². The molecule has 0 bridgehead atoms. The van der Waals surface area contributed by atoms with E-state index in [1.165, 1.54) is 0 Å². The molecule has 1 saturated heterocycles. The summed E-state index contributed by atoms with van der Waals surface area (Å²) in [6.45, 7) is 2.16. The van der Waals surface area contributed by atoms with Gasteiger partial charge >= 0.3 is 0 Å². The van der Waals surface area contributed by atoms with Gasteiger partial charge in [-0.05, 0) is 19.2 Å². The average Bonchev–Trinajstić information content (AvgIpc) is 3.08. The SMILES string of the molecule is CNC(C(=O)N1CCN(C(=O)c2ccccc2)CC1)c1cnn(C)c1.Cl. The number of benzene rings is 1. The molecule has 2 amide bonds. The third-order valence-corrected chi connectivity index (χ3v) is 4.49. The lowest BCUT2D eigenvalue weighted by atomic mass is 10.1. The lowest BCUT2D eigenvalue weighted by Crippen LogP contribution is -2.52. The van der Waals surface area contributed by atoms with E-state index in [4.69, 9.17) is 0 Å².